The summed E-state index contributed by atoms with van der Waals surface area (Å²) in [6.07, 6.45) is 2.04. The fourth-order valence-electron chi connectivity index (χ4n) is 2.46. The Morgan fingerprint density at radius 2 is 1.80 bits per heavy atom. The van der Waals surface area contributed by atoms with Gasteiger partial charge in [-0.15, -0.1) is 0 Å². The van der Waals surface area contributed by atoms with E-state index in [1.165, 1.54) is 0 Å². The van der Waals surface area contributed by atoms with E-state index in [1.54, 1.807) is 27.7 Å². The van der Waals surface area contributed by atoms with Crippen LogP contribution in [0.15, 0.2) is 0 Å². The molecule has 0 aromatic heterocycles. The number of aliphatic carboxylic acids is 1. The molecule has 116 valence electrons. The van der Waals surface area contributed by atoms with Gasteiger partial charge in [-0.25, -0.2) is 0 Å². The molecule has 1 unspecified atom stereocenters. The Bertz CT molecular complexity index is 400. The van der Waals surface area contributed by atoms with Gasteiger partial charge in [-0.3, -0.25) is 9.59 Å². The lowest BCUT2D eigenvalue weighted by atomic mass is 9.73. The summed E-state index contributed by atoms with van der Waals surface area (Å²) in [6, 6.07) is -0.278. The summed E-state index contributed by atoms with van der Waals surface area (Å²) in [5.41, 5.74) is -1.99. The Hall–Kier alpha value is -1.10. The first-order valence-electron chi connectivity index (χ1n) is 7.20. The Balaban J connectivity index is 2.87. The number of carboxylic acids is 1. The Morgan fingerprint density at radius 3 is 2.25 bits per heavy atom. The maximum Gasteiger partial charge on any atom is 0.311 e. The highest BCUT2D eigenvalue weighted by Crippen LogP contribution is 2.33. The Labute approximate surface area is 121 Å². The highest BCUT2D eigenvalue weighted by molar-refractivity contribution is 5.85. The summed E-state index contributed by atoms with van der Waals surface area (Å²) in [5, 5.41) is 15.5. The van der Waals surface area contributed by atoms with Crippen LogP contribution >= 0.6 is 0 Å². The second-order valence-electron chi connectivity index (χ2n) is 7.52. The van der Waals surface area contributed by atoms with Crippen LogP contribution in [0.3, 0.4) is 0 Å². The van der Waals surface area contributed by atoms with E-state index in [-0.39, 0.29) is 17.4 Å². The first-order chi connectivity index (χ1) is 8.92. The van der Waals surface area contributed by atoms with Crippen molar-refractivity contribution in [2.24, 2.45) is 10.8 Å². The van der Waals surface area contributed by atoms with Gasteiger partial charge in [0.15, 0.2) is 0 Å². The average molecular weight is 284 g/mol. The van der Waals surface area contributed by atoms with E-state index in [4.69, 9.17) is 0 Å². The molecule has 20 heavy (non-hydrogen) atoms. The number of amides is 1. The van der Waals surface area contributed by atoms with E-state index in [2.05, 4.69) is 24.5 Å². The van der Waals surface area contributed by atoms with Gasteiger partial charge in [0.25, 0.3) is 0 Å². The van der Waals surface area contributed by atoms with Crippen LogP contribution in [-0.2, 0) is 9.59 Å². The van der Waals surface area contributed by atoms with Crippen molar-refractivity contribution >= 4 is 11.9 Å². The number of carboxylic acid groups (broad SMARTS) is 1. The molecule has 5 heteroatoms. The first kappa shape index (κ1) is 17.0. The molecular formula is C15H28N2O3. The number of nitrogens with one attached hydrogen (secondary N) is 2. The van der Waals surface area contributed by atoms with Crippen molar-refractivity contribution < 1.29 is 14.7 Å². The lowest BCUT2D eigenvalue weighted by Crippen LogP contribution is -2.63. The summed E-state index contributed by atoms with van der Waals surface area (Å²) in [6.45, 7) is 11.7. The number of carbonyl (C=O) groups excluding carboxylic acids is 1. The predicted molar refractivity (Wildman–Crippen MR) is 78.4 cm³/mol. The zero-order valence-corrected chi connectivity index (χ0v) is 13.5. The average Bonchev–Trinajstić information content (AvgIpc) is 2.26. The molecule has 3 N–H and O–H groups in total. The summed E-state index contributed by atoms with van der Waals surface area (Å²) in [7, 11) is 0. The maximum absolute atomic E-state index is 12.5. The van der Waals surface area contributed by atoms with Crippen LogP contribution < -0.4 is 10.6 Å². The van der Waals surface area contributed by atoms with Crippen molar-refractivity contribution in [2.75, 3.05) is 6.54 Å². The standard InChI is InChI=1S/C15H28N2O3/c1-13(2)8-7-9-16-10(13)11(18)17-15(5,6)14(3,4)12(19)20/h10,16H,7-9H2,1-6H3,(H,17,18)(H,19,20). The fourth-order valence-corrected chi connectivity index (χ4v) is 2.46. The van der Waals surface area contributed by atoms with Crippen LogP contribution in [0.1, 0.15) is 54.4 Å². The third-order valence-corrected chi connectivity index (χ3v) is 4.92. The zero-order chi connectivity index (χ0) is 15.8. The summed E-state index contributed by atoms with van der Waals surface area (Å²) < 4.78 is 0. The molecular weight excluding hydrogens is 256 g/mol. The quantitative estimate of drug-likeness (QED) is 0.735. The van der Waals surface area contributed by atoms with E-state index in [0.717, 1.165) is 19.4 Å². The van der Waals surface area contributed by atoms with E-state index >= 15 is 0 Å². The van der Waals surface area contributed by atoms with Crippen molar-refractivity contribution in [3.63, 3.8) is 0 Å². The van der Waals surface area contributed by atoms with Gasteiger partial charge in [-0.05, 0) is 52.5 Å². The largest absolute Gasteiger partial charge is 0.481 e. The van der Waals surface area contributed by atoms with Gasteiger partial charge in [0.05, 0.1) is 17.0 Å². The SMILES string of the molecule is CC1(C)CCCNC1C(=O)NC(C)(C)C(C)(C)C(=O)O. The molecule has 0 aromatic rings. The number of carbonyl (C=O) groups is 2. The third-order valence-electron chi connectivity index (χ3n) is 4.92. The summed E-state index contributed by atoms with van der Waals surface area (Å²) >= 11 is 0. The van der Waals surface area contributed by atoms with Crippen molar-refractivity contribution in [1.82, 2.24) is 10.6 Å². The Kier molecular flexibility index (Phi) is 4.54. The lowest BCUT2D eigenvalue weighted by molar-refractivity contribution is -0.152. The normalized spacial score (nSPS) is 23.2. The number of hydrogen-bond donors (Lipinski definition) is 3. The van der Waals surface area contributed by atoms with Crippen LogP contribution in [0.4, 0.5) is 0 Å². The first-order valence-corrected chi connectivity index (χ1v) is 7.20. The van der Waals surface area contributed by atoms with Crippen LogP contribution in [0.2, 0.25) is 0 Å². The molecule has 1 aliphatic rings. The minimum Gasteiger partial charge on any atom is -0.481 e. The molecule has 0 aromatic carbocycles. The highest BCUT2D eigenvalue weighted by Gasteiger charge is 2.46. The molecule has 1 heterocycles. The molecule has 0 radical (unpaired) electrons. The minimum absolute atomic E-state index is 0.117. The van der Waals surface area contributed by atoms with Crippen molar-refractivity contribution in [3.05, 3.63) is 0 Å². The molecule has 1 saturated heterocycles. The Morgan fingerprint density at radius 1 is 1.25 bits per heavy atom. The second-order valence-corrected chi connectivity index (χ2v) is 7.52. The summed E-state index contributed by atoms with van der Waals surface area (Å²) in [5.74, 6) is -1.03. The van der Waals surface area contributed by atoms with Crippen molar-refractivity contribution in [3.8, 4) is 0 Å². The van der Waals surface area contributed by atoms with Gasteiger partial charge >= 0.3 is 5.97 Å². The zero-order valence-electron chi connectivity index (χ0n) is 13.5. The van der Waals surface area contributed by atoms with Gasteiger partial charge in [0, 0.05) is 0 Å². The highest BCUT2D eigenvalue weighted by atomic mass is 16.4. The van der Waals surface area contributed by atoms with Gasteiger partial charge in [0.1, 0.15) is 0 Å². The van der Waals surface area contributed by atoms with Crippen molar-refractivity contribution in [2.45, 2.75) is 66.0 Å². The van der Waals surface area contributed by atoms with E-state index < -0.39 is 16.9 Å². The molecule has 1 fully saturated rings. The number of piperidine rings is 1. The van der Waals surface area contributed by atoms with E-state index in [0.29, 0.717) is 0 Å². The van der Waals surface area contributed by atoms with Crippen LogP contribution in [0.5, 0.6) is 0 Å². The molecule has 0 bridgehead atoms. The third kappa shape index (κ3) is 3.14. The van der Waals surface area contributed by atoms with Gasteiger partial charge < -0.3 is 15.7 Å². The van der Waals surface area contributed by atoms with Crippen molar-refractivity contribution in [1.29, 1.82) is 0 Å². The minimum atomic E-state index is -1.04. The number of hydrogen-bond acceptors (Lipinski definition) is 3. The maximum atomic E-state index is 12.5. The molecule has 0 spiro atoms. The molecule has 1 atom stereocenters. The molecule has 1 rings (SSSR count). The topological polar surface area (TPSA) is 78.4 Å². The van der Waals surface area contributed by atoms with Gasteiger partial charge in [-0.1, -0.05) is 13.8 Å². The molecule has 0 saturated carbocycles. The lowest BCUT2D eigenvalue weighted by Gasteiger charge is -2.43. The molecule has 0 aliphatic carbocycles. The predicted octanol–water partition coefficient (Wildman–Crippen LogP) is 1.77. The summed E-state index contributed by atoms with van der Waals surface area (Å²) in [4.78, 5) is 23.9. The smallest absolute Gasteiger partial charge is 0.311 e. The van der Waals surface area contributed by atoms with E-state index in [1.807, 2.05) is 0 Å². The van der Waals surface area contributed by atoms with E-state index in [9.17, 15) is 14.7 Å². The van der Waals surface area contributed by atoms with Crippen LogP contribution in [0, 0.1) is 10.8 Å². The van der Waals surface area contributed by atoms with Crippen LogP contribution in [0.25, 0.3) is 0 Å². The van der Waals surface area contributed by atoms with Gasteiger partial charge in [-0.2, -0.15) is 0 Å². The molecule has 5 nitrogen and oxygen atoms in total. The van der Waals surface area contributed by atoms with Gasteiger partial charge in [0.2, 0.25) is 5.91 Å². The fraction of sp³-hybridized carbons (Fsp3) is 0.867. The molecule has 1 aliphatic heterocycles. The second kappa shape index (κ2) is 5.35. The molecule has 1 amide bonds. The number of rotatable bonds is 4. The van der Waals surface area contributed by atoms with Crippen LogP contribution in [-0.4, -0.2) is 35.1 Å². The monoisotopic (exact) mass is 284 g/mol.